The summed E-state index contributed by atoms with van der Waals surface area (Å²) in [6, 6.07) is 8.74. The minimum Gasteiger partial charge on any atom is -0.462 e. The molecule has 2 aliphatic carbocycles. The zero-order valence-electron chi connectivity index (χ0n) is 24.0. The molecule has 3 aliphatic rings. The normalized spacial score (nSPS) is 30.9. The number of aliphatic hydroxyl groups is 1. The summed E-state index contributed by atoms with van der Waals surface area (Å²) in [5.74, 6) is -0.402. The summed E-state index contributed by atoms with van der Waals surface area (Å²) < 4.78 is 11.9. The van der Waals surface area contributed by atoms with Crippen LogP contribution in [0.1, 0.15) is 77.8 Å². The fraction of sp³-hybridized carbons (Fsp3) is 0.594. The minimum absolute atomic E-state index is 0.0397. The summed E-state index contributed by atoms with van der Waals surface area (Å²) in [5.41, 5.74) is 7.00. The van der Waals surface area contributed by atoms with Crippen molar-refractivity contribution in [3.05, 3.63) is 59.7 Å². The van der Waals surface area contributed by atoms with Gasteiger partial charge in [-0.25, -0.2) is 4.79 Å². The average Bonchev–Trinajstić information content (AvgIpc) is 2.91. The lowest BCUT2D eigenvalue weighted by molar-refractivity contribution is -0.166. The molecular formula is C32H44N2O6. The quantitative estimate of drug-likeness (QED) is 0.371. The van der Waals surface area contributed by atoms with E-state index in [0.29, 0.717) is 25.7 Å². The molecule has 8 atom stereocenters. The van der Waals surface area contributed by atoms with Gasteiger partial charge in [0.25, 0.3) is 0 Å². The predicted octanol–water partition coefficient (Wildman–Crippen LogP) is 4.98. The van der Waals surface area contributed by atoms with E-state index in [-0.39, 0.29) is 54.2 Å². The standard InChI is InChI=1S/C32H44N2O6/c1-5-32(3,4)30(37)40-26-16-22(29(34-31(33)38)20-9-7-6-8-10-20)15-21-12-11-19(2)25(28(21)26)14-13-24-17-23(35)18-27(36)39-24/h6-12,15,19,22-26,28-29,35H,5,13-14,16-18H2,1-4H3,(H3,33,34,38)/t19-,22-,23+,24+,25-,26-,28-,29?/m0/s1. The molecule has 1 saturated heterocycles. The number of amides is 2. The van der Waals surface area contributed by atoms with Crippen molar-refractivity contribution in [1.29, 1.82) is 0 Å². The molecule has 0 spiro atoms. The van der Waals surface area contributed by atoms with Crippen LogP contribution in [0.5, 0.6) is 0 Å². The summed E-state index contributed by atoms with van der Waals surface area (Å²) >= 11 is 0. The van der Waals surface area contributed by atoms with Crippen LogP contribution < -0.4 is 11.1 Å². The number of nitrogens with two attached hydrogens (primary N) is 1. The molecule has 1 fully saturated rings. The van der Waals surface area contributed by atoms with Gasteiger partial charge in [-0.3, -0.25) is 9.59 Å². The molecule has 1 aromatic rings. The van der Waals surface area contributed by atoms with Crippen LogP contribution in [0.2, 0.25) is 0 Å². The minimum atomic E-state index is -0.668. The van der Waals surface area contributed by atoms with E-state index in [1.807, 2.05) is 51.1 Å². The lowest BCUT2D eigenvalue weighted by atomic mass is 9.64. The van der Waals surface area contributed by atoms with Gasteiger partial charge in [0.15, 0.2) is 0 Å². The maximum absolute atomic E-state index is 13.4. The van der Waals surface area contributed by atoms with Crippen LogP contribution in [0.3, 0.4) is 0 Å². The number of fused-ring (bicyclic) bond motifs is 1. The highest BCUT2D eigenvalue weighted by atomic mass is 16.6. The Morgan fingerprint density at radius 1 is 1.20 bits per heavy atom. The maximum atomic E-state index is 13.4. The molecule has 0 bridgehead atoms. The number of benzene rings is 1. The van der Waals surface area contributed by atoms with Crippen LogP contribution in [0.4, 0.5) is 4.79 Å². The SMILES string of the molecule is CCC(C)(C)C(=O)O[C@H]1C[C@@H](C(NC(N)=O)c2ccccc2)C=C2C=C[C@H](C)[C@H](CC[C@@H]3C[C@@H](O)CC(=O)O3)[C@H]21. The summed E-state index contributed by atoms with van der Waals surface area (Å²) in [4.78, 5) is 37.4. The number of rotatable bonds is 9. The van der Waals surface area contributed by atoms with Gasteiger partial charge in [0.1, 0.15) is 12.2 Å². The summed E-state index contributed by atoms with van der Waals surface area (Å²) in [7, 11) is 0. The number of urea groups is 1. The molecule has 1 aliphatic heterocycles. The highest BCUT2D eigenvalue weighted by Crippen LogP contribution is 2.47. The van der Waals surface area contributed by atoms with E-state index in [1.54, 1.807) is 0 Å². The summed E-state index contributed by atoms with van der Waals surface area (Å²) in [6.45, 7) is 7.95. The molecule has 0 aromatic heterocycles. The highest BCUT2D eigenvalue weighted by molar-refractivity contribution is 5.76. The van der Waals surface area contributed by atoms with E-state index < -0.39 is 23.7 Å². The second-order valence-corrected chi connectivity index (χ2v) is 12.3. The van der Waals surface area contributed by atoms with E-state index in [4.69, 9.17) is 15.2 Å². The lowest BCUT2D eigenvalue weighted by Gasteiger charge is -2.45. The van der Waals surface area contributed by atoms with Gasteiger partial charge in [0, 0.05) is 18.3 Å². The molecule has 4 N–H and O–H groups in total. The number of carbonyl (C=O) groups excluding carboxylic acids is 3. The van der Waals surface area contributed by atoms with Crippen LogP contribution in [0.25, 0.3) is 0 Å². The Bertz CT molecular complexity index is 1130. The number of carbonyl (C=O) groups is 3. The molecule has 8 heteroatoms. The van der Waals surface area contributed by atoms with Gasteiger partial charge in [0.2, 0.25) is 0 Å². The van der Waals surface area contributed by atoms with E-state index in [0.717, 1.165) is 17.6 Å². The van der Waals surface area contributed by atoms with Gasteiger partial charge in [-0.05, 0) is 62.5 Å². The molecule has 0 radical (unpaired) electrons. The molecule has 2 amide bonds. The monoisotopic (exact) mass is 552 g/mol. The lowest BCUT2D eigenvalue weighted by Crippen LogP contribution is -2.46. The molecule has 1 heterocycles. The first kappa shape index (κ1) is 29.8. The summed E-state index contributed by atoms with van der Waals surface area (Å²) in [6.07, 6.45) is 8.19. The first-order chi connectivity index (χ1) is 19.0. The smallest absolute Gasteiger partial charge is 0.312 e. The molecule has 8 nitrogen and oxygen atoms in total. The third-order valence-corrected chi connectivity index (χ3v) is 9.06. The van der Waals surface area contributed by atoms with Crippen LogP contribution in [0.15, 0.2) is 54.1 Å². The van der Waals surface area contributed by atoms with Gasteiger partial charge in [0.05, 0.1) is 24.0 Å². The van der Waals surface area contributed by atoms with Gasteiger partial charge < -0.3 is 25.6 Å². The number of allylic oxidation sites excluding steroid dienone is 2. The van der Waals surface area contributed by atoms with Crippen molar-refractivity contribution in [1.82, 2.24) is 5.32 Å². The first-order valence-corrected chi connectivity index (χ1v) is 14.6. The Kier molecular flexibility index (Phi) is 9.39. The van der Waals surface area contributed by atoms with Crippen LogP contribution >= 0.6 is 0 Å². The summed E-state index contributed by atoms with van der Waals surface area (Å²) in [5, 5.41) is 13.0. The fourth-order valence-corrected chi connectivity index (χ4v) is 6.38. The van der Waals surface area contributed by atoms with E-state index in [1.165, 1.54) is 0 Å². The Labute approximate surface area is 237 Å². The maximum Gasteiger partial charge on any atom is 0.312 e. The molecule has 40 heavy (non-hydrogen) atoms. The largest absolute Gasteiger partial charge is 0.462 e. The molecule has 4 rings (SSSR count). The molecule has 0 saturated carbocycles. The number of hydrogen-bond donors (Lipinski definition) is 3. The molecular weight excluding hydrogens is 508 g/mol. The van der Waals surface area contributed by atoms with Crippen molar-refractivity contribution >= 4 is 18.0 Å². The third kappa shape index (κ3) is 6.95. The van der Waals surface area contributed by atoms with Crippen molar-refractivity contribution in [2.24, 2.45) is 34.8 Å². The number of nitrogens with one attached hydrogen (secondary N) is 1. The second-order valence-electron chi connectivity index (χ2n) is 12.3. The Morgan fingerprint density at radius 3 is 2.58 bits per heavy atom. The van der Waals surface area contributed by atoms with Crippen molar-refractivity contribution in [2.75, 3.05) is 0 Å². The van der Waals surface area contributed by atoms with Crippen LogP contribution in [-0.2, 0) is 19.1 Å². The number of aliphatic hydroxyl groups excluding tert-OH is 1. The topological polar surface area (TPSA) is 128 Å². The highest BCUT2D eigenvalue weighted by Gasteiger charge is 2.45. The number of esters is 2. The predicted molar refractivity (Wildman–Crippen MR) is 152 cm³/mol. The van der Waals surface area contributed by atoms with E-state index in [9.17, 15) is 19.5 Å². The Hall–Kier alpha value is -3.13. The van der Waals surface area contributed by atoms with E-state index >= 15 is 0 Å². The number of ether oxygens (including phenoxy) is 2. The van der Waals surface area contributed by atoms with Gasteiger partial charge >= 0.3 is 18.0 Å². The molecule has 1 unspecified atom stereocenters. The first-order valence-electron chi connectivity index (χ1n) is 14.6. The van der Waals surface area contributed by atoms with Crippen LogP contribution in [-0.4, -0.2) is 41.4 Å². The van der Waals surface area contributed by atoms with Crippen molar-refractivity contribution < 1.29 is 29.0 Å². The second kappa shape index (κ2) is 12.6. The van der Waals surface area contributed by atoms with Gasteiger partial charge in [-0.1, -0.05) is 62.4 Å². The number of cyclic esters (lactones) is 1. The van der Waals surface area contributed by atoms with Crippen LogP contribution in [0, 0.1) is 29.1 Å². The number of primary amides is 1. The molecule has 218 valence electrons. The third-order valence-electron chi connectivity index (χ3n) is 9.06. The Balaban J connectivity index is 1.66. The van der Waals surface area contributed by atoms with Crippen molar-refractivity contribution in [3.8, 4) is 0 Å². The van der Waals surface area contributed by atoms with Crippen molar-refractivity contribution in [2.45, 2.75) is 90.6 Å². The number of hydrogen-bond acceptors (Lipinski definition) is 6. The fourth-order valence-electron chi connectivity index (χ4n) is 6.38. The van der Waals surface area contributed by atoms with Gasteiger partial charge in [-0.15, -0.1) is 0 Å². The zero-order valence-corrected chi connectivity index (χ0v) is 24.0. The zero-order chi connectivity index (χ0) is 29.0. The van der Waals surface area contributed by atoms with Crippen molar-refractivity contribution in [3.63, 3.8) is 0 Å². The Morgan fingerprint density at radius 2 is 1.93 bits per heavy atom. The molecule has 1 aromatic carbocycles. The van der Waals surface area contributed by atoms with E-state index in [2.05, 4.69) is 30.5 Å². The van der Waals surface area contributed by atoms with Gasteiger partial charge in [-0.2, -0.15) is 0 Å². The average molecular weight is 553 g/mol.